The highest BCUT2D eigenvalue weighted by molar-refractivity contribution is 5.92. The molecule has 0 aliphatic carbocycles. The van der Waals surface area contributed by atoms with Crippen LogP contribution in [-0.4, -0.2) is 45.4 Å². The highest BCUT2D eigenvalue weighted by Crippen LogP contribution is 2.38. The van der Waals surface area contributed by atoms with Gasteiger partial charge in [-0.2, -0.15) is 0 Å². The summed E-state index contributed by atoms with van der Waals surface area (Å²) < 4.78 is 21.6. The second kappa shape index (κ2) is 11.3. The Hall–Kier alpha value is -4.18. The summed E-state index contributed by atoms with van der Waals surface area (Å²) in [6.45, 7) is 0.405. The van der Waals surface area contributed by atoms with Crippen molar-refractivity contribution in [1.29, 1.82) is 0 Å². The lowest BCUT2D eigenvalue weighted by molar-refractivity contribution is -0.116. The highest BCUT2D eigenvalue weighted by Gasteiger charge is 2.12. The number of hydrogen-bond acceptors (Lipinski definition) is 6. The number of aromatic nitrogens is 1. The molecule has 0 unspecified atom stereocenters. The average molecular weight is 432 g/mol. The van der Waals surface area contributed by atoms with Gasteiger partial charge in [0.15, 0.2) is 11.5 Å². The zero-order chi connectivity index (χ0) is 22.8. The van der Waals surface area contributed by atoms with E-state index >= 15 is 0 Å². The SMILES string of the molecule is COc1cc(/C=C/C(=O)NCC#CCOc2cccc3cccnc23)cc(OC)c1OC. The summed E-state index contributed by atoms with van der Waals surface area (Å²) in [4.78, 5) is 16.4. The van der Waals surface area contributed by atoms with Crippen LogP contribution in [0.5, 0.6) is 23.0 Å². The van der Waals surface area contributed by atoms with E-state index in [4.69, 9.17) is 18.9 Å². The summed E-state index contributed by atoms with van der Waals surface area (Å²) in [7, 11) is 4.61. The fourth-order valence-corrected chi connectivity index (χ4v) is 2.98. The van der Waals surface area contributed by atoms with Gasteiger partial charge in [0.1, 0.15) is 17.9 Å². The van der Waals surface area contributed by atoms with Crippen molar-refractivity contribution in [3.63, 3.8) is 0 Å². The Balaban J connectivity index is 1.51. The molecule has 3 aromatic rings. The molecule has 0 fully saturated rings. The van der Waals surface area contributed by atoms with Crippen LogP contribution in [0.1, 0.15) is 5.56 Å². The Morgan fingerprint density at radius 3 is 2.47 bits per heavy atom. The number of amides is 1. The van der Waals surface area contributed by atoms with Gasteiger partial charge in [0.05, 0.1) is 27.9 Å². The van der Waals surface area contributed by atoms with Gasteiger partial charge < -0.3 is 24.3 Å². The number of pyridine rings is 1. The van der Waals surface area contributed by atoms with E-state index in [9.17, 15) is 4.79 Å². The van der Waals surface area contributed by atoms with Gasteiger partial charge in [0, 0.05) is 17.7 Å². The molecule has 2 aromatic carbocycles. The molecule has 7 nitrogen and oxygen atoms in total. The number of hydrogen-bond donors (Lipinski definition) is 1. The molecule has 164 valence electrons. The molecule has 1 N–H and O–H groups in total. The molecule has 1 heterocycles. The molecular weight excluding hydrogens is 408 g/mol. The van der Waals surface area contributed by atoms with Gasteiger partial charge in [-0.05, 0) is 35.9 Å². The van der Waals surface area contributed by atoms with Crippen molar-refractivity contribution in [1.82, 2.24) is 10.3 Å². The normalized spacial score (nSPS) is 10.3. The van der Waals surface area contributed by atoms with E-state index in [-0.39, 0.29) is 19.1 Å². The molecule has 7 heteroatoms. The molecule has 0 aliphatic rings. The summed E-state index contributed by atoms with van der Waals surface area (Å²) in [6.07, 6.45) is 4.80. The lowest BCUT2D eigenvalue weighted by Crippen LogP contribution is -2.21. The Morgan fingerprint density at radius 1 is 1.00 bits per heavy atom. The number of carbonyl (C=O) groups is 1. The largest absolute Gasteiger partial charge is 0.493 e. The highest BCUT2D eigenvalue weighted by atomic mass is 16.5. The molecule has 0 saturated heterocycles. The number of rotatable bonds is 8. The van der Waals surface area contributed by atoms with Crippen molar-refractivity contribution in [3.05, 3.63) is 60.3 Å². The summed E-state index contributed by atoms with van der Waals surface area (Å²) >= 11 is 0. The molecule has 0 saturated carbocycles. The number of benzene rings is 2. The van der Waals surface area contributed by atoms with Crippen molar-refractivity contribution in [2.45, 2.75) is 0 Å². The quantitative estimate of drug-likeness (QED) is 0.434. The Morgan fingerprint density at radius 2 is 1.75 bits per heavy atom. The maximum atomic E-state index is 12.1. The van der Waals surface area contributed by atoms with Gasteiger partial charge in [0.2, 0.25) is 11.7 Å². The smallest absolute Gasteiger partial charge is 0.244 e. The minimum atomic E-state index is -0.271. The van der Waals surface area contributed by atoms with Crippen molar-refractivity contribution in [3.8, 4) is 34.8 Å². The second-order valence-electron chi connectivity index (χ2n) is 6.48. The number of nitrogens with zero attached hydrogens (tertiary/aromatic N) is 1. The van der Waals surface area contributed by atoms with Crippen molar-refractivity contribution < 1.29 is 23.7 Å². The molecule has 0 aliphatic heterocycles. The third-order valence-corrected chi connectivity index (χ3v) is 4.49. The van der Waals surface area contributed by atoms with Crippen LogP contribution < -0.4 is 24.3 Å². The number of para-hydroxylation sites is 1. The van der Waals surface area contributed by atoms with Gasteiger partial charge in [-0.1, -0.05) is 30.0 Å². The van der Waals surface area contributed by atoms with Gasteiger partial charge >= 0.3 is 0 Å². The molecule has 0 bridgehead atoms. The molecule has 32 heavy (non-hydrogen) atoms. The van der Waals surface area contributed by atoms with Crippen molar-refractivity contribution >= 4 is 22.9 Å². The van der Waals surface area contributed by atoms with Crippen LogP contribution in [-0.2, 0) is 4.79 Å². The minimum Gasteiger partial charge on any atom is -0.493 e. The molecule has 1 amide bonds. The van der Waals surface area contributed by atoms with Gasteiger partial charge in [0.25, 0.3) is 0 Å². The van der Waals surface area contributed by atoms with E-state index in [0.29, 0.717) is 23.0 Å². The number of fused-ring (bicyclic) bond motifs is 1. The molecule has 0 atom stereocenters. The van der Waals surface area contributed by atoms with Crippen LogP contribution >= 0.6 is 0 Å². The van der Waals surface area contributed by atoms with E-state index in [1.54, 1.807) is 24.4 Å². The molecule has 0 radical (unpaired) electrons. The summed E-state index contributed by atoms with van der Waals surface area (Å²) in [5, 5.41) is 3.71. The first-order valence-corrected chi connectivity index (χ1v) is 9.84. The number of nitrogens with one attached hydrogen (secondary N) is 1. The maximum Gasteiger partial charge on any atom is 0.244 e. The summed E-state index contributed by atoms with van der Waals surface area (Å²) in [5.74, 6) is 7.68. The maximum absolute atomic E-state index is 12.1. The monoisotopic (exact) mass is 432 g/mol. The third-order valence-electron chi connectivity index (χ3n) is 4.49. The lowest BCUT2D eigenvalue weighted by atomic mass is 10.1. The van der Waals surface area contributed by atoms with E-state index in [0.717, 1.165) is 16.5 Å². The Kier molecular flexibility index (Phi) is 7.93. The first kappa shape index (κ1) is 22.5. The Labute approximate surface area is 187 Å². The van der Waals surface area contributed by atoms with Gasteiger partial charge in [-0.15, -0.1) is 0 Å². The van der Waals surface area contributed by atoms with Crippen LogP contribution in [0.25, 0.3) is 17.0 Å². The summed E-state index contributed by atoms with van der Waals surface area (Å²) in [6, 6.07) is 13.1. The van der Waals surface area contributed by atoms with Crippen LogP contribution in [0.4, 0.5) is 0 Å². The first-order chi connectivity index (χ1) is 15.7. The van der Waals surface area contributed by atoms with E-state index < -0.39 is 0 Å². The second-order valence-corrected chi connectivity index (χ2v) is 6.48. The predicted octanol–water partition coefficient (Wildman–Crippen LogP) is 3.47. The average Bonchev–Trinajstić information content (AvgIpc) is 2.84. The number of carbonyl (C=O) groups excluding carboxylic acids is 1. The van der Waals surface area contributed by atoms with Crippen molar-refractivity contribution in [2.75, 3.05) is 34.5 Å². The Bertz CT molecular complexity index is 1150. The van der Waals surface area contributed by atoms with E-state index in [1.165, 1.54) is 27.4 Å². The standard InChI is InChI=1S/C25H24N2O5/c1-29-21-16-18(17-22(30-2)25(21)31-3)11-12-23(28)26-13-4-5-15-32-20-10-6-8-19-9-7-14-27-24(19)20/h6-12,14,16-17H,13,15H2,1-3H3,(H,26,28)/b12-11+. The van der Waals surface area contributed by atoms with Crippen LogP contribution in [0.2, 0.25) is 0 Å². The lowest BCUT2D eigenvalue weighted by Gasteiger charge is -2.12. The fourth-order valence-electron chi connectivity index (χ4n) is 2.98. The topological polar surface area (TPSA) is 78.9 Å². The fraction of sp³-hybridized carbons (Fsp3) is 0.200. The minimum absolute atomic E-state index is 0.201. The van der Waals surface area contributed by atoms with Crippen LogP contribution in [0, 0.1) is 11.8 Å². The molecular formula is C25H24N2O5. The molecule has 0 spiro atoms. The van der Waals surface area contributed by atoms with Gasteiger partial charge in [-0.3, -0.25) is 9.78 Å². The zero-order valence-electron chi connectivity index (χ0n) is 18.2. The van der Waals surface area contributed by atoms with Crippen LogP contribution in [0.3, 0.4) is 0 Å². The number of methoxy groups -OCH3 is 3. The van der Waals surface area contributed by atoms with Crippen LogP contribution in [0.15, 0.2) is 54.7 Å². The van der Waals surface area contributed by atoms with Crippen molar-refractivity contribution in [2.24, 2.45) is 0 Å². The summed E-state index contributed by atoms with van der Waals surface area (Å²) in [5.41, 5.74) is 1.53. The van der Waals surface area contributed by atoms with Gasteiger partial charge in [-0.25, -0.2) is 0 Å². The molecule has 3 rings (SSSR count). The van der Waals surface area contributed by atoms with E-state index in [2.05, 4.69) is 22.1 Å². The first-order valence-electron chi connectivity index (χ1n) is 9.84. The zero-order valence-corrected chi connectivity index (χ0v) is 18.2. The predicted molar refractivity (Wildman–Crippen MR) is 123 cm³/mol. The third kappa shape index (κ3) is 5.70. The molecule has 1 aromatic heterocycles. The number of ether oxygens (including phenoxy) is 4. The van der Waals surface area contributed by atoms with E-state index in [1.807, 2.05) is 30.3 Å².